The van der Waals surface area contributed by atoms with Gasteiger partial charge in [0.05, 0.1) is 7.11 Å². The first-order valence-electron chi connectivity index (χ1n) is 9.69. The second-order valence-electron chi connectivity index (χ2n) is 7.33. The number of fused-ring (bicyclic) bond motifs is 1. The van der Waals surface area contributed by atoms with E-state index in [2.05, 4.69) is 42.8 Å². The highest BCUT2D eigenvalue weighted by Crippen LogP contribution is 2.31. The minimum absolute atomic E-state index is 0.0501. The summed E-state index contributed by atoms with van der Waals surface area (Å²) >= 11 is 0. The summed E-state index contributed by atoms with van der Waals surface area (Å²) in [6, 6.07) is 8.30. The Bertz CT molecular complexity index is 792. The summed E-state index contributed by atoms with van der Waals surface area (Å²) in [7, 11) is 1.69. The first-order chi connectivity index (χ1) is 12.5. The lowest BCUT2D eigenvalue weighted by molar-refractivity contribution is 0.0929. The summed E-state index contributed by atoms with van der Waals surface area (Å²) in [6.45, 7) is 6.97. The van der Waals surface area contributed by atoms with Crippen molar-refractivity contribution in [3.8, 4) is 5.75 Å². The molecule has 0 saturated carbocycles. The van der Waals surface area contributed by atoms with Crippen LogP contribution >= 0.6 is 0 Å². The maximum absolute atomic E-state index is 13.0. The SMILES string of the molecule is CCC(C)NC(=O)c1c(C)c2c(n1Cc1cccc(OC)c1)CCCC2. The van der Waals surface area contributed by atoms with Gasteiger partial charge in [-0.25, -0.2) is 0 Å². The number of aromatic nitrogens is 1. The average molecular weight is 354 g/mol. The standard InChI is InChI=1S/C22H30N2O2/c1-5-15(2)23-22(25)21-16(3)19-11-6-7-12-20(19)24(21)14-17-9-8-10-18(13-17)26-4/h8-10,13,15H,5-7,11-12,14H2,1-4H3,(H,23,25). The molecule has 3 rings (SSSR count). The molecule has 1 atom stereocenters. The lowest BCUT2D eigenvalue weighted by atomic mass is 9.95. The highest BCUT2D eigenvalue weighted by molar-refractivity contribution is 5.95. The van der Waals surface area contributed by atoms with Crippen molar-refractivity contribution >= 4 is 5.91 Å². The smallest absolute Gasteiger partial charge is 0.268 e. The molecule has 0 aliphatic heterocycles. The number of nitrogens with one attached hydrogen (secondary N) is 1. The van der Waals surface area contributed by atoms with Gasteiger partial charge in [0.25, 0.3) is 5.91 Å². The Morgan fingerprint density at radius 2 is 2.08 bits per heavy atom. The molecule has 0 spiro atoms. The molecule has 1 aromatic carbocycles. The van der Waals surface area contributed by atoms with Crippen LogP contribution in [0.4, 0.5) is 0 Å². The molecule has 1 N–H and O–H groups in total. The molecule has 140 valence electrons. The van der Waals surface area contributed by atoms with Crippen molar-refractivity contribution in [2.45, 2.75) is 65.5 Å². The Kier molecular flexibility index (Phi) is 5.70. The van der Waals surface area contributed by atoms with Crippen LogP contribution in [0.5, 0.6) is 5.75 Å². The number of nitrogens with zero attached hydrogens (tertiary/aromatic N) is 1. The molecule has 0 saturated heterocycles. The summed E-state index contributed by atoms with van der Waals surface area (Å²) in [5, 5.41) is 3.16. The van der Waals surface area contributed by atoms with Crippen LogP contribution in [0, 0.1) is 6.92 Å². The van der Waals surface area contributed by atoms with E-state index in [0.717, 1.165) is 41.8 Å². The molecule has 1 unspecified atom stereocenters. The van der Waals surface area contributed by atoms with E-state index in [1.165, 1.54) is 24.1 Å². The number of ether oxygens (including phenoxy) is 1. The second kappa shape index (κ2) is 7.98. The van der Waals surface area contributed by atoms with E-state index >= 15 is 0 Å². The second-order valence-corrected chi connectivity index (χ2v) is 7.33. The molecule has 0 bridgehead atoms. The fourth-order valence-electron chi connectivity index (χ4n) is 3.89. The molecule has 1 amide bonds. The van der Waals surface area contributed by atoms with Crippen LogP contribution in [0.25, 0.3) is 0 Å². The fourth-order valence-corrected chi connectivity index (χ4v) is 3.89. The predicted octanol–water partition coefficient (Wildman–Crippen LogP) is 4.26. The molecule has 1 aliphatic rings. The Balaban J connectivity index is 2.02. The maximum atomic E-state index is 13.0. The summed E-state index contributed by atoms with van der Waals surface area (Å²) in [4.78, 5) is 13.0. The zero-order chi connectivity index (χ0) is 18.7. The van der Waals surface area contributed by atoms with Crippen LogP contribution in [-0.2, 0) is 19.4 Å². The van der Waals surface area contributed by atoms with Crippen molar-refractivity contribution in [2.75, 3.05) is 7.11 Å². The largest absolute Gasteiger partial charge is 0.497 e. The zero-order valence-corrected chi connectivity index (χ0v) is 16.4. The number of benzene rings is 1. The molecule has 1 heterocycles. The summed E-state index contributed by atoms with van der Waals surface area (Å²) in [5.74, 6) is 0.903. The highest BCUT2D eigenvalue weighted by atomic mass is 16.5. The lowest BCUT2D eigenvalue weighted by Crippen LogP contribution is -2.34. The normalized spacial score (nSPS) is 14.6. The third kappa shape index (κ3) is 3.64. The van der Waals surface area contributed by atoms with Crippen LogP contribution in [0.1, 0.15) is 66.0 Å². The first-order valence-corrected chi connectivity index (χ1v) is 9.69. The van der Waals surface area contributed by atoms with Gasteiger partial charge < -0.3 is 14.6 Å². The van der Waals surface area contributed by atoms with E-state index < -0.39 is 0 Å². The van der Waals surface area contributed by atoms with Gasteiger partial charge in [-0.05, 0) is 74.8 Å². The predicted molar refractivity (Wildman–Crippen MR) is 105 cm³/mol. The van der Waals surface area contributed by atoms with E-state index in [-0.39, 0.29) is 11.9 Å². The van der Waals surface area contributed by atoms with Crippen LogP contribution in [0.15, 0.2) is 24.3 Å². The highest BCUT2D eigenvalue weighted by Gasteiger charge is 2.26. The van der Waals surface area contributed by atoms with Gasteiger partial charge in [0, 0.05) is 18.3 Å². The fraction of sp³-hybridized carbons (Fsp3) is 0.500. The van der Waals surface area contributed by atoms with Gasteiger partial charge in [0.1, 0.15) is 11.4 Å². The molecule has 4 nitrogen and oxygen atoms in total. The molecule has 4 heteroatoms. The molecule has 1 aliphatic carbocycles. The van der Waals surface area contributed by atoms with E-state index in [0.29, 0.717) is 6.54 Å². The number of rotatable bonds is 6. The number of amides is 1. The Labute approximate surface area is 156 Å². The van der Waals surface area contributed by atoms with Crippen molar-refractivity contribution in [3.63, 3.8) is 0 Å². The lowest BCUT2D eigenvalue weighted by Gasteiger charge is -2.18. The number of carbonyl (C=O) groups is 1. The van der Waals surface area contributed by atoms with Gasteiger partial charge in [-0.15, -0.1) is 0 Å². The topological polar surface area (TPSA) is 43.3 Å². The number of hydrogen-bond acceptors (Lipinski definition) is 2. The molecule has 0 fully saturated rings. The monoisotopic (exact) mass is 354 g/mol. The van der Waals surface area contributed by atoms with Crippen LogP contribution in [-0.4, -0.2) is 23.6 Å². The van der Waals surface area contributed by atoms with Crippen molar-refractivity contribution in [3.05, 3.63) is 52.3 Å². The Hall–Kier alpha value is -2.23. The summed E-state index contributed by atoms with van der Waals surface area (Å²) in [6.07, 6.45) is 5.47. The molecule has 0 radical (unpaired) electrons. The van der Waals surface area contributed by atoms with Gasteiger partial charge in [0.2, 0.25) is 0 Å². The maximum Gasteiger partial charge on any atom is 0.268 e. The first kappa shape index (κ1) is 18.6. The zero-order valence-electron chi connectivity index (χ0n) is 16.4. The summed E-state index contributed by atoms with van der Waals surface area (Å²) < 4.78 is 7.61. The van der Waals surface area contributed by atoms with Gasteiger partial charge in [-0.3, -0.25) is 4.79 Å². The third-order valence-electron chi connectivity index (χ3n) is 5.52. The van der Waals surface area contributed by atoms with E-state index in [1.54, 1.807) is 7.11 Å². The van der Waals surface area contributed by atoms with Crippen LogP contribution in [0.2, 0.25) is 0 Å². The summed E-state index contributed by atoms with van der Waals surface area (Å²) in [5.41, 5.74) is 5.87. The van der Waals surface area contributed by atoms with Gasteiger partial charge >= 0.3 is 0 Å². The van der Waals surface area contributed by atoms with Crippen molar-refractivity contribution in [1.82, 2.24) is 9.88 Å². The molecule has 26 heavy (non-hydrogen) atoms. The van der Waals surface area contributed by atoms with Gasteiger partial charge in [-0.1, -0.05) is 19.1 Å². The van der Waals surface area contributed by atoms with Gasteiger partial charge in [-0.2, -0.15) is 0 Å². The Morgan fingerprint density at radius 1 is 1.31 bits per heavy atom. The number of carbonyl (C=O) groups excluding carboxylic acids is 1. The van der Waals surface area contributed by atoms with Crippen molar-refractivity contribution < 1.29 is 9.53 Å². The minimum atomic E-state index is 0.0501. The van der Waals surface area contributed by atoms with Crippen molar-refractivity contribution in [1.29, 1.82) is 0 Å². The van der Waals surface area contributed by atoms with Crippen LogP contribution in [0.3, 0.4) is 0 Å². The number of methoxy groups -OCH3 is 1. The quantitative estimate of drug-likeness (QED) is 0.842. The van der Waals surface area contributed by atoms with Gasteiger partial charge in [0.15, 0.2) is 0 Å². The molecular weight excluding hydrogens is 324 g/mol. The van der Waals surface area contributed by atoms with E-state index in [4.69, 9.17) is 4.74 Å². The van der Waals surface area contributed by atoms with Crippen molar-refractivity contribution in [2.24, 2.45) is 0 Å². The van der Waals surface area contributed by atoms with E-state index in [1.807, 2.05) is 12.1 Å². The Morgan fingerprint density at radius 3 is 2.81 bits per heavy atom. The average Bonchev–Trinajstić information content (AvgIpc) is 2.94. The number of hydrogen-bond donors (Lipinski definition) is 1. The van der Waals surface area contributed by atoms with E-state index in [9.17, 15) is 4.79 Å². The molecular formula is C22H30N2O2. The molecule has 1 aromatic heterocycles. The minimum Gasteiger partial charge on any atom is -0.497 e. The van der Waals surface area contributed by atoms with Crippen LogP contribution < -0.4 is 10.1 Å². The molecule has 2 aromatic rings. The third-order valence-corrected chi connectivity index (χ3v) is 5.52.